The highest BCUT2D eigenvalue weighted by atomic mass is 32.1. The summed E-state index contributed by atoms with van der Waals surface area (Å²) < 4.78 is 27.1. The first kappa shape index (κ1) is 18.5. The zero-order valence-electron chi connectivity index (χ0n) is 14.1. The largest absolute Gasteiger partial charge is 0.351 e. The SMILES string of the molecule is O=C(NCCN1CCN(C(=O)c2ccsc2)CC1)c1c(F)cccc1F. The van der Waals surface area contributed by atoms with Crippen molar-refractivity contribution >= 4 is 23.2 Å². The Labute approximate surface area is 154 Å². The fourth-order valence-electron chi connectivity index (χ4n) is 2.87. The van der Waals surface area contributed by atoms with Gasteiger partial charge in [-0.3, -0.25) is 14.5 Å². The second-order valence-electron chi connectivity index (χ2n) is 6.00. The first-order valence-electron chi connectivity index (χ1n) is 8.32. The van der Waals surface area contributed by atoms with Crippen molar-refractivity contribution in [2.75, 3.05) is 39.3 Å². The predicted octanol–water partition coefficient (Wildman–Crippen LogP) is 2.21. The fourth-order valence-corrected chi connectivity index (χ4v) is 3.50. The number of thiophene rings is 1. The lowest BCUT2D eigenvalue weighted by molar-refractivity contribution is 0.0638. The van der Waals surface area contributed by atoms with Crippen LogP contribution < -0.4 is 5.32 Å². The van der Waals surface area contributed by atoms with Gasteiger partial charge in [0.2, 0.25) is 0 Å². The van der Waals surface area contributed by atoms with E-state index in [1.54, 1.807) is 0 Å². The maximum Gasteiger partial charge on any atom is 0.257 e. The Hall–Kier alpha value is -2.32. The van der Waals surface area contributed by atoms with Gasteiger partial charge in [0.1, 0.15) is 17.2 Å². The Morgan fingerprint density at radius 3 is 2.38 bits per heavy atom. The molecule has 26 heavy (non-hydrogen) atoms. The molecule has 1 aliphatic rings. The molecule has 0 unspecified atom stereocenters. The normalized spacial score (nSPS) is 15.1. The third kappa shape index (κ3) is 4.25. The molecule has 2 heterocycles. The van der Waals surface area contributed by atoms with E-state index in [9.17, 15) is 18.4 Å². The first-order valence-corrected chi connectivity index (χ1v) is 9.26. The Balaban J connectivity index is 1.43. The summed E-state index contributed by atoms with van der Waals surface area (Å²) in [6, 6.07) is 5.15. The van der Waals surface area contributed by atoms with E-state index in [-0.39, 0.29) is 12.5 Å². The van der Waals surface area contributed by atoms with Gasteiger partial charge in [0, 0.05) is 44.6 Å². The van der Waals surface area contributed by atoms with E-state index in [4.69, 9.17) is 0 Å². The summed E-state index contributed by atoms with van der Waals surface area (Å²) in [6.45, 7) is 3.46. The molecule has 1 aromatic heterocycles. The number of benzene rings is 1. The van der Waals surface area contributed by atoms with Gasteiger partial charge < -0.3 is 10.2 Å². The van der Waals surface area contributed by atoms with Crippen LogP contribution >= 0.6 is 11.3 Å². The Kier molecular flexibility index (Phi) is 5.95. The number of nitrogens with one attached hydrogen (secondary N) is 1. The third-order valence-electron chi connectivity index (χ3n) is 4.33. The molecule has 0 saturated carbocycles. The lowest BCUT2D eigenvalue weighted by Gasteiger charge is -2.34. The summed E-state index contributed by atoms with van der Waals surface area (Å²) in [5.41, 5.74) is 0.154. The van der Waals surface area contributed by atoms with Crippen LogP contribution in [0.1, 0.15) is 20.7 Å². The molecule has 3 rings (SSSR count). The molecule has 2 amide bonds. The number of hydrogen-bond donors (Lipinski definition) is 1. The van der Waals surface area contributed by atoms with E-state index in [1.807, 2.05) is 21.7 Å². The average molecular weight is 379 g/mol. The maximum atomic E-state index is 13.6. The number of rotatable bonds is 5. The topological polar surface area (TPSA) is 52.7 Å². The van der Waals surface area contributed by atoms with Gasteiger partial charge in [-0.25, -0.2) is 8.78 Å². The van der Waals surface area contributed by atoms with Crippen molar-refractivity contribution in [1.82, 2.24) is 15.1 Å². The Morgan fingerprint density at radius 1 is 1.08 bits per heavy atom. The minimum absolute atomic E-state index is 0.0363. The second kappa shape index (κ2) is 8.37. The molecule has 0 spiro atoms. The molecule has 1 aromatic carbocycles. The van der Waals surface area contributed by atoms with Crippen molar-refractivity contribution < 1.29 is 18.4 Å². The Morgan fingerprint density at radius 2 is 1.77 bits per heavy atom. The van der Waals surface area contributed by atoms with Crippen LogP contribution in [0.15, 0.2) is 35.0 Å². The minimum Gasteiger partial charge on any atom is -0.351 e. The molecular formula is C18H19F2N3O2S. The van der Waals surface area contributed by atoms with Crippen LogP contribution in [0.2, 0.25) is 0 Å². The first-order chi connectivity index (χ1) is 12.6. The number of carbonyl (C=O) groups is 2. The summed E-state index contributed by atoms with van der Waals surface area (Å²) >= 11 is 1.49. The number of amides is 2. The molecule has 0 radical (unpaired) electrons. The van der Waals surface area contributed by atoms with Crippen LogP contribution in [0.25, 0.3) is 0 Å². The monoisotopic (exact) mass is 379 g/mol. The van der Waals surface area contributed by atoms with Crippen LogP contribution in [0, 0.1) is 11.6 Å². The predicted molar refractivity (Wildman–Crippen MR) is 95.4 cm³/mol. The van der Waals surface area contributed by atoms with E-state index in [2.05, 4.69) is 10.2 Å². The number of piperazine rings is 1. The van der Waals surface area contributed by atoms with Crippen molar-refractivity contribution in [2.45, 2.75) is 0 Å². The highest BCUT2D eigenvalue weighted by Crippen LogP contribution is 2.13. The van der Waals surface area contributed by atoms with Gasteiger partial charge in [-0.05, 0) is 23.6 Å². The zero-order valence-corrected chi connectivity index (χ0v) is 14.9. The molecule has 1 saturated heterocycles. The molecule has 1 aliphatic heterocycles. The molecular weight excluding hydrogens is 360 g/mol. The average Bonchev–Trinajstić information content (AvgIpc) is 3.16. The molecule has 2 aromatic rings. The molecule has 0 aliphatic carbocycles. The number of carbonyl (C=O) groups excluding carboxylic acids is 2. The van der Waals surface area contributed by atoms with Crippen LogP contribution in [-0.4, -0.2) is 60.9 Å². The second-order valence-corrected chi connectivity index (χ2v) is 6.78. The Bertz CT molecular complexity index is 754. The van der Waals surface area contributed by atoms with Crippen LogP contribution in [-0.2, 0) is 0 Å². The summed E-state index contributed by atoms with van der Waals surface area (Å²) in [4.78, 5) is 28.1. The molecule has 0 atom stereocenters. The molecule has 0 bridgehead atoms. The van der Waals surface area contributed by atoms with E-state index >= 15 is 0 Å². The number of hydrogen-bond acceptors (Lipinski definition) is 4. The number of nitrogens with zero attached hydrogens (tertiary/aromatic N) is 2. The quantitative estimate of drug-likeness (QED) is 0.867. The van der Waals surface area contributed by atoms with Gasteiger partial charge in [-0.2, -0.15) is 11.3 Å². The van der Waals surface area contributed by atoms with Crippen LogP contribution in [0.3, 0.4) is 0 Å². The van der Waals surface area contributed by atoms with E-state index in [0.717, 1.165) is 12.1 Å². The molecule has 1 N–H and O–H groups in total. The smallest absolute Gasteiger partial charge is 0.257 e. The number of halogens is 2. The van der Waals surface area contributed by atoms with Crippen molar-refractivity contribution in [3.8, 4) is 0 Å². The van der Waals surface area contributed by atoms with Gasteiger partial charge in [-0.15, -0.1) is 0 Å². The summed E-state index contributed by atoms with van der Waals surface area (Å²) in [7, 11) is 0. The minimum atomic E-state index is -0.872. The van der Waals surface area contributed by atoms with Crippen LogP contribution in [0.4, 0.5) is 8.78 Å². The van der Waals surface area contributed by atoms with Gasteiger partial charge >= 0.3 is 0 Å². The lowest BCUT2D eigenvalue weighted by Crippen LogP contribution is -2.50. The van der Waals surface area contributed by atoms with E-state index < -0.39 is 23.1 Å². The fraction of sp³-hybridized carbons (Fsp3) is 0.333. The summed E-state index contributed by atoms with van der Waals surface area (Å²) in [5.74, 6) is -2.47. The summed E-state index contributed by atoms with van der Waals surface area (Å²) in [6.07, 6.45) is 0. The maximum absolute atomic E-state index is 13.6. The van der Waals surface area contributed by atoms with Crippen molar-refractivity contribution in [1.29, 1.82) is 0 Å². The van der Waals surface area contributed by atoms with Crippen LogP contribution in [0.5, 0.6) is 0 Å². The van der Waals surface area contributed by atoms with Gasteiger partial charge in [0.15, 0.2) is 0 Å². The standard InChI is InChI=1S/C18H19F2N3O2S/c19-14-2-1-3-15(20)16(14)17(24)21-5-6-22-7-9-23(10-8-22)18(25)13-4-11-26-12-13/h1-4,11-12H,5-10H2,(H,21,24). The highest BCUT2D eigenvalue weighted by Gasteiger charge is 2.22. The highest BCUT2D eigenvalue weighted by molar-refractivity contribution is 7.08. The van der Waals surface area contributed by atoms with E-state index in [0.29, 0.717) is 38.3 Å². The zero-order chi connectivity index (χ0) is 18.5. The molecule has 1 fully saturated rings. The van der Waals surface area contributed by atoms with Crippen molar-refractivity contribution in [2.24, 2.45) is 0 Å². The molecule has 5 nitrogen and oxygen atoms in total. The van der Waals surface area contributed by atoms with E-state index in [1.165, 1.54) is 17.4 Å². The van der Waals surface area contributed by atoms with Crippen molar-refractivity contribution in [3.05, 3.63) is 57.8 Å². The summed E-state index contributed by atoms with van der Waals surface area (Å²) in [5, 5.41) is 6.26. The third-order valence-corrected chi connectivity index (χ3v) is 5.01. The van der Waals surface area contributed by atoms with Gasteiger partial charge in [0.25, 0.3) is 11.8 Å². The molecule has 8 heteroatoms. The molecule has 138 valence electrons. The van der Waals surface area contributed by atoms with Gasteiger partial charge in [-0.1, -0.05) is 6.07 Å². The van der Waals surface area contributed by atoms with Gasteiger partial charge in [0.05, 0.1) is 5.56 Å². The lowest BCUT2D eigenvalue weighted by atomic mass is 10.2. The van der Waals surface area contributed by atoms with Crippen molar-refractivity contribution in [3.63, 3.8) is 0 Å².